The van der Waals surface area contributed by atoms with E-state index in [1.165, 1.54) is 27.7 Å². The van der Waals surface area contributed by atoms with Gasteiger partial charge < -0.3 is 19.1 Å². The van der Waals surface area contributed by atoms with Crippen molar-refractivity contribution in [2.24, 2.45) is 0 Å². The van der Waals surface area contributed by atoms with Crippen LogP contribution in [0, 0.1) is 0 Å². The third kappa shape index (κ3) is 3.65. The van der Waals surface area contributed by atoms with Gasteiger partial charge in [-0.25, -0.2) is 9.59 Å². The fourth-order valence-corrected chi connectivity index (χ4v) is 1.84. The Morgan fingerprint density at radius 2 is 1.15 bits per heavy atom. The summed E-state index contributed by atoms with van der Waals surface area (Å²) in [5.74, 6) is -1.55. The fraction of sp³-hybridized carbons (Fsp3) is 0.714. The monoisotopic (exact) mass is 284 g/mol. The molecule has 1 aliphatic heterocycles. The first-order valence-corrected chi connectivity index (χ1v) is 6.55. The Morgan fingerprint density at radius 3 is 1.40 bits per heavy atom. The normalized spacial score (nSPS) is 29.6. The summed E-state index contributed by atoms with van der Waals surface area (Å²) in [6.45, 7) is 5.66. The van der Waals surface area contributed by atoms with E-state index >= 15 is 0 Å². The molecular formula is C14H20O6. The van der Waals surface area contributed by atoms with Crippen molar-refractivity contribution in [3.63, 3.8) is 0 Å². The van der Waals surface area contributed by atoms with Gasteiger partial charge in [0.25, 0.3) is 0 Å². The lowest BCUT2D eigenvalue weighted by Crippen LogP contribution is -2.57. The van der Waals surface area contributed by atoms with E-state index in [1.54, 1.807) is 0 Å². The second-order valence-electron chi connectivity index (χ2n) is 5.64. The van der Waals surface area contributed by atoms with Gasteiger partial charge in [-0.2, -0.15) is 0 Å². The van der Waals surface area contributed by atoms with E-state index in [-0.39, 0.29) is 37.2 Å². The highest BCUT2D eigenvalue weighted by atomic mass is 16.7. The van der Waals surface area contributed by atoms with Gasteiger partial charge >= 0.3 is 11.9 Å². The molecule has 0 aromatic carbocycles. The van der Waals surface area contributed by atoms with Crippen molar-refractivity contribution < 1.29 is 28.7 Å². The zero-order valence-electron chi connectivity index (χ0n) is 12.3. The number of cyclic esters (lactones) is 2. The van der Waals surface area contributed by atoms with Gasteiger partial charge in [-0.3, -0.25) is 0 Å². The third-order valence-corrected chi connectivity index (χ3v) is 3.41. The Hall–Kier alpha value is -1.72. The maximum Gasteiger partial charge on any atom is 0.351 e. The van der Waals surface area contributed by atoms with Gasteiger partial charge in [-0.1, -0.05) is 0 Å². The van der Waals surface area contributed by atoms with Crippen LogP contribution >= 0.6 is 0 Å². The van der Waals surface area contributed by atoms with Crippen LogP contribution in [0.1, 0.15) is 53.4 Å². The molecular weight excluding hydrogens is 264 g/mol. The Bertz CT molecular complexity index is 413. The molecule has 0 spiro atoms. The molecule has 2 atom stereocenters. The Kier molecular flexibility index (Phi) is 4.68. The highest BCUT2D eigenvalue weighted by Gasteiger charge is 2.53. The number of hydrogen-bond acceptors (Lipinski definition) is 6. The van der Waals surface area contributed by atoms with Crippen molar-refractivity contribution in [3.05, 3.63) is 0 Å². The van der Waals surface area contributed by atoms with Crippen LogP contribution in [0.15, 0.2) is 0 Å². The highest BCUT2D eigenvalue weighted by Crippen LogP contribution is 2.33. The summed E-state index contributed by atoms with van der Waals surface area (Å²) in [6, 6.07) is 0. The van der Waals surface area contributed by atoms with E-state index < -0.39 is 23.1 Å². The molecule has 1 heterocycles. The van der Waals surface area contributed by atoms with Gasteiger partial charge in [0.15, 0.2) is 0 Å². The lowest BCUT2D eigenvalue weighted by molar-refractivity contribution is -0.224. The number of ketones is 2. The molecule has 0 aromatic rings. The fourth-order valence-electron chi connectivity index (χ4n) is 1.84. The second-order valence-corrected chi connectivity index (χ2v) is 5.64. The van der Waals surface area contributed by atoms with E-state index in [2.05, 4.69) is 0 Å². The molecule has 20 heavy (non-hydrogen) atoms. The first-order chi connectivity index (χ1) is 9.09. The summed E-state index contributed by atoms with van der Waals surface area (Å²) in [4.78, 5) is 46.1. The molecule has 1 saturated heterocycles. The zero-order valence-corrected chi connectivity index (χ0v) is 12.3. The standard InChI is InChI=1S/C14H20O6/c1-9(15)5-7-13(3)11(17)20-14(4,12(18)19-13)8-6-10(2)16/h5-8H2,1-4H3/t13-,14-/m0/s1. The average Bonchev–Trinajstić information content (AvgIpc) is 2.32. The highest BCUT2D eigenvalue weighted by molar-refractivity contribution is 5.93. The van der Waals surface area contributed by atoms with Gasteiger partial charge in [-0.05, 0) is 27.7 Å². The van der Waals surface area contributed by atoms with Crippen molar-refractivity contribution >= 4 is 23.5 Å². The summed E-state index contributed by atoms with van der Waals surface area (Å²) in [6.07, 6.45) is 0.442. The quantitative estimate of drug-likeness (QED) is 0.684. The van der Waals surface area contributed by atoms with Crippen molar-refractivity contribution in [1.29, 1.82) is 0 Å². The molecule has 0 saturated carbocycles. The number of ether oxygens (including phenoxy) is 2. The molecule has 112 valence electrons. The average molecular weight is 284 g/mol. The molecule has 0 radical (unpaired) electrons. The molecule has 0 aromatic heterocycles. The largest absolute Gasteiger partial charge is 0.444 e. The lowest BCUT2D eigenvalue weighted by Gasteiger charge is -2.40. The summed E-state index contributed by atoms with van der Waals surface area (Å²) in [5, 5.41) is 0. The van der Waals surface area contributed by atoms with Crippen LogP contribution in [0.2, 0.25) is 0 Å². The SMILES string of the molecule is CC(=O)CC[C@]1(C)OC(=O)[C@](C)(CCC(C)=O)OC1=O. The summed E-state index contributed by atoms with van der Waals surface area (Å²) in [7, 11) is 0. The van der Waals surface area contributed by atoms with Crippen LogP contribution in [0.4, 0.5) is 0 Å². The van der Waals surface area contributed by atoms with Crippen LogP contribution in [0.25, 0.3) is 0 Å². The zero-order chi connectivity index (χ0) is 15.6. The molecule has 0 unspecified atom stereocenters. The van der Waals surface area contributed by atoms with E-state index in [1.807, 2.05) is 0 Å². The van der Waals surface area contributed by atoms with Crippen LogP contribution in [0.5, 0.6) is 0 Å². The van der Waals surface area contributed by atoms with Gasteiger partial charge in [0, 0.05) is 25.7 Å². The van der Waals surface area contributed by atoms with Gasteiger partial charge in [0.05, 0.1) is 0 Å². The minimum atomic E-state index is -1.43. The third-order valence-electron chi connectivity index (χ3n) is 3.41. The van der Waals surface area contributed by atoms with Crippen molar-refractivity contribution in [3.8, 4) is 0 Å². The molecule has 0 aliphatic carbocycles. The van der Waals surface area contributed by atoms with Gasteiger partial charge in [0.2, 0.25) is 11.2 Å². The molecule has 0 N–H and O–H groups in total. The van der Waals surface area contributed by atoms with Gasteiger partial charge in [-0.15, -0.1) is 0 Å². The maximum atomic E-state index is 12.0. The summed E-state index contributed by atoms with van der Waals surface area (Å²) < 4.78 is 10.4. The Balaban J connectivity index is 2.79. The topological polar surface area (TPSA) is 86.7 Å². The predicted molar refractivity (Wildman–Crippen MR) is 68.8 cm³/mol. The molecule has 1 rings (SSSR count). The number of hydrogen-bond donors (Lipinski definition) is 0. The first kappa shape index (κ1) is 16.3. The summed E-state index contributed by atoms with van der Waals surface area (Å²) in [5.41, 5.74) is -2.86. The minimum Gasteiger partial charge on any atom is -0.444 e. The molecule has 0 amide bonds. The first-order valence-electron chi connectivity index (χ1n) is 6.55. The van der Waals surface area contributed by atoms with E-state index in [0.717, 1.165) is 0 Å². The smallest absolute Gasteiger partial charge is 0.351 e. The van der Waals surface area contributed by atoms with Crippen LogP contribution < -0.4 is 0 Å². The van der Waals surface area contributed by atoms with E-state index in [4.69, 9.17) is 9.47 Å². The van der Waals surface area contributed by atoms with Crippen molar-refractivity contribution in [2.75, 3.05) is 0 Å². The molecule has 1 aliphatic rings. The van der Waals surface area contributed by atoms with Crippen LogP contribution in [-0.4, -0.2) is 34.7 Å². The van der Waals surface area contributed by atoms with E-state index in [0.29, 0.717) is 0 Å². The number of esters is 2. The lowest BCUT2D eigenvalue weighted by atomic mass is 9.92. The number of Topliss-reactive ketones (excluding diaryl/α,β-unsaturated/α-hetero) is 2. The van der Waals surface area contributed by atoms with Crippen LogP contribution in [-0.2, 0) is 28.7 Å². The van der Waals surface area contributed by atoms with E-state index in [9.17, 15) is 19.2 Å². The summed E-state index contributed by atoms with van der Waals surface area (Å²) >= 11 is 0. The van der Waals surface area contributed by atoms with Crippen molar-refractivity contribution in [1.82, 2.24) is 0 Å². The Labute approximate surface area is 117 Å². The Morgan fingerprint density at radius 1 is 0.850 bits per heavy atom. The molecule has 6 nitrogen and oxygen atoms in total. The number of carbonyl (C=O) groups is 4. The molecule has 1 fully saturated rings. The molecule has 0 bridgehead atoms. The maximum absolute atomic E-state index is 12.0. The predicted octanol–water partition coefficient (Wildman–Crippen LogP) is 1.34. The second kappa shape index (κ2) is 5.73. The number of carbonyl (C=O) groups excluding carboxylic acids is 4. The van der Waals surface area contributed by atoms with Crippen LogP contribution in [0.3, 0.4) is 0 Å². The minimum absolute atomic E-state index is 0.0930. The van der Waals surface area contributed by atoms with Crippen molar-refractivity contribution in [2.45, 2.75) is 64.6 Å². The number of rotatable bonds is 6. The van der Waals surface area contributed by atoms with Gasteiger partial charge in [0.1, 0.15) is 11.6 Å². The molecule has 6 heteroatoms.